The summed E-state index contributed by atoms with van der Waals surface area (Å²) in [7, 11) is 1.65. The van der Waals surface area contributed by atoms with Crippen molar-refractivity contribution >= 4 is 33.3 Å². The predicted octanol–water partition coefficient (Wildman–Crippen LogP) is 4.16. The monoisotopic (exact) mass is 485 g/mol. The van der Waals surface area contributed by atoms with E-state index in [4.69, 9.17) is 14.5 Å². The molecule has 1 unspecified atom stereocenters. The fraction of sp³-hybridized carbons (Fsp3) is 0.520. The minimum atomic E-state index is -0.602. The fourth-order valence-electron chi connectivity index (χ4n) is 4.93. The lowest BCUT2D eigenvalue weighted by molar-refractivity contribution is 0.0478. The smallest absolute Gasteiger partial charge is 0.349 e. The summed E-state index contributed by atoms with van der Waals surface area (Å²) in [6.45, 7) is 8.41. The first kappa shape index (κ1) is 24.3. The van der Waals surface area contributed by atoms with Gasteiger partial charge in [0.2, 0.25) is 5.78 Å². The van der Waals surface area contributed by atoms with E-state index < -0.39 is 5.97 Å². The molecule has 0 saturated heterocycles. The van der Waals surface area contributed by atoms with Crippen molar-refractivity contribution in [1.29, 1.82) is 0 Å². The highest BCUT2D eigenvalue weighted by Gasteiger charge is 2.25. The normalized spacial score (nSPS) is 14.6. The van der Waals surface area contributed by atoms with Crippen molar-refractivity contribution in [3.63, 3.8) is 0 Å². The summed E-state index contributed by atoms with van der Waals surface area (Å²) < 4.78 is 14.4. The van der Waals surface area contributed by atoms with Crippen LogP contribution in [0.25, 0.3) is 10.2 Å². The highest BCUT2D eigenvalue weighted by molar-refractivity contribution is 7.20. The van der Waals surface area contributed by atoms with E-state index in [9.17, 15) is 14.4 Å². The maximum Gasteiger partial charge on any atom is 0.349 e. The summed E-state index contributed by atoms with van der Waals surface area (Å²) in [5, 5.41) is 0.476. The van der Waals surface area contributed by atoms with Gasteiger partial charge in [0.1, 0.15) is 15.5 Å². The summed E-state index contributed by atoms with van der Waals surface area (Å²) in [5.41, 5.74) is 2.78. The third-order valence-electron chi connectivity index (χ3n) is 6.56. The Balaban J connectivity index is 1.55. The number of thiophene rings is 1. The van der Waals surface area contributed by atoms with Crippen molar-refractivity contribution in [3.8, 4) is 0 Å². The molecule has 3 aromatic rings. The molecule has 1 aliphatic heterocycles. The number of carbonyl (C=O) groups is 2. The van der Waals surface area contributed by atoms with Gasteiger partial charge in [-0.1, -0.05) is 6.42 Å². The molecular formula is C25H31N3O5S. The number of carbonyl (C=O) groups excluding carboxylic acids is 2. The number of hydrogen-bond acceptors (Lipinski definition) is 7. The molecule has 0 spiro atoms. The van der Waals surface area contributed by atoms with Crippen LogP contribution in [-0.2, 0) is 22.4 Å². The molecule has 4 rings (SSSR count). The number of fused-ring (bicyclic) bond motifs is 2. The molecule has 0 saturated carbocycles. The van der Waals surface area contributed by atoms with Gasteiger partial charge in [0, 0.05) is 37.0 Å². The van der Waals surface area contributed by atoms with Gasteiger partial charge in [0.15, 0.2) is 6.61 Å². The van der Waals surface area contributed by atoms with Crippen LogP contribution in [0.3, 0.4) is 0 Å². The van der Waals surface area contributed by atoms with E-state index in [0.717, 1.165) is 54.2 Å². The van der Waals surface area contributed by atoms with E-state index in [0.29, 0.717) is 39.4 Å². The molecule has 3 aromatic heterocycles. The minimum Gasteiger partial charge on any atom is -0.453 e. The number of methoxy groups -OCH3 is 1. The van der Waals surface area contributed by atoms with Gasteiger partial charge >= 0.3 is 5.97 Å². The van der Waals surface area contributed by atoms with Crippen LogP contribution in [0.15, 0.2) is 10.9 Å². The van der Waals surface area contributed by atoms with Crippen molar-refractivity contribution in [2.75, 3.05) is 20.3 Å². The third kappa shape index (κ3) is 4.34. The number of hydrogen-bond donors (Lipinski definition) is 0. The number of ketones is 1. The van der Waals surface area contributed by atoms with Crippen molar-refractivity contribution in [3.05, 3.63) is 49.6 Å². The van der Waals surface area contributed by atoms with Gasteiger partial charge in [0.25, 0.3) is 5.56 Å². The highest BCUT2D eigenvalue weighted by atomic mass is 32.1. The van der Waals surface area contributed by atoms with E-state index >= 15 is 0 Å². The maximum atomic E-state index is 13.1. The number of esters is 1. The molecule has 1 aliphatic rings. The van der Waals surface area contributed by atoms with E-state index in [1.807, 2.05) is 26.8 Å². The number of Topliss-reactive ketones (excluding diaryl/α,β-unsaturated/α-hetero) is 1. The first-order chi connectivity index (χ1) is 16.2. The molecule has 0 amide bonds. The quantitative estimate of drug-likeness (QED) is 0.369. The molecule has 182 valence electrons. The van der Waals surface area contributed by atoms with Crippen molar-refractivity contribution in [2.24, 2.45) is 0 Å². The van der Waals surface area contributed by atoms with Crippen molar-refractivity contribution < 1.29 is 19.1 Å². The first-order valence-corrected chi connectivity index (χ1v) is 12.5. The number of ether oxygens (including phenoxy) is 2. The van der Waals surface area contributed by atoms with Crippen LogP contribution in [0.4, 0.5) is 0 Å². The predicted molar refractivity (Wildman–Crippen MR) is 131 cm³/mol. The fourth-order valence-corrected chi connectivity index (χ4v) is 6.02. The lowest BCUT2D eigenvalue weighted by Gasteiger charge is -2.17. The molecular weight excluding hydrogens is 454 g/mol. The third-order valence-corrected chi connectivity index (χ3v) is 7.73. The Bertz CT molecular complexity index is 1320. The topological polar surface area (TPSA) is 92.4 Å². The molecule has 1 atom stereocenters. The lowest BCUT2D eigenvalue weighted by Crippen LogP contribution is -2.24. The van der Waals surface area contributed by atoms with Crippen LogP contribution in [0, 0.1) is 20.8 Å². The zero-order valence-electron chi connectivity index (χ0n) is 20.4. The van der Waals surface area contributed by atoms with Gasteiger partial charge in [-0.15, -0.1) is 11.3 Å². The lowest BCUT2D eigenvalue weighted by atomic mass is 10.1. The first-order valence-electron chi connectivity index (χ1n) is 11.6. The molecule has 0 N–H and O–H groups in total. The molecule has 4 heterocycles. The van der Waals surface area contributed by atoms with Crippen molar-refractivity contribution in [1.82, 2.24) is 14.1 Å². The number of aromatic nitrogens is 3. The molecule has 8 nitrogen and oxygen atoms in total. The molecule has 0 aliphatic carbocycles. The van der Waals surface area contributed by atoms with E-state index in [-0.39, 0.29) is 24.0 Å². The van der Waals surface area contributed by atoms with Gasteiger partial charge < -0.3 is 14.0 Å². The summed E-state index contributed by atoms with van der Waals surface area (Å²) in [4.78, 5) is 44.5. The molecule has 0 bridgehead atoms. The zero-order chi connectivity index (χ0) is 24.6. The van der Waals surface area contributed by atoms with Gasteiger partial charge in [-0.25, -0.2) is 9.78 Å². The van der Waals surface area contributed by atoms with Crippen LogP contribution < -0.4 is 5.56 Å². The number of aryl methyl sites for hydroxylation is 3. The summed E-state index contributed by atoms with van der Waals surface area (Å²) in [6, 6.07) is 1.90. The highest BCUT2D eigenvalue weighted by Crippen LogP contribution is 2.29. The van der Waals surface area contributed by atoms with Gasteiger partial charge in [-0.2, -0.15) is 0 Å². The Labute approximate surface area is 202 Å². The van der Waals surface area contributed by atoms with Gasteiger partial charge in [0.05, 0.1) is 18.0 Å². The van der Waals surface area contributed by atoms with Crippen LogP contribution in [0.2, 0.25) is 0 Å². The van der Waals surface area contributed by atoms with Crippen LogP contribution in [0.5, 0.6) is 0 Å². The molecule has 0 radical (unpaired) electrons. The Hall–Kier alpha value is -2.78. The standard InChI is InChI=1S/C25H31N3O5S/c1-14-11-18(17(4)28(14)15(2)12-32-5)19(29)13-33-25(31)22-16(3)21-23(34-22)26-20-9-7-6-8-10-27(20)24(21)30/h11,15H,6-10,12-13H2,1-5H3. The molecule has 0 aromatic carbocycles. The second-order valence-corrected chi connectivity index (χ2v) is 9.99. The number of rotatable bonds is 7. The Morgan fingerprint density at radius 2 is 1.97 bits per heavy atom. The largest absolute Gasteiger partial charge is 0.453 e. The minimum absolute atomic E-state index is 0.0806. The molecule has 9 heteroatoms. The van der Waals surface area contributed by atoms with Gasteiger partial charge in [-0.05, 0) is 52.2 Å². The average molecular weight is 486 g/mol. The number of nitrogens with zero attached hydrogens (tertiary/aromatic N) is 3. The maximum absolute atomic E-state index is 13.1. The van der Waals surface area contributed by atoms with Crippen molar-refractivity contribution in [2.45, 2.75) is 66.0 Å². The van der Waals surface area contributed by atoms with E-state index in [1.165, 1.54) is 0 Å². The summed E-state index contributed by atoms with van der Waals surface area (Å²) in [5.74, 6) is -0.0830. The van der Waals surface area contributed by atoms with Crippen LogP contribution >= 0.6 is 11.3 Å². The van der Waals surface area contributed by atoms with E-state index in [2.05, 4.69) is 4.57 Å². The van der Waals surface area contributed by atoms with Crippen LogP contribution in [0.1, 0.15) is 75.0 Å². The second-order valence-electron chi connectivity index (χ2n) is 8.99. The molecule has 0 fully saturated rings. The van der Waals surface area contributed by atoms with Gasteiger partial charge in [-0.3, -0.25) is 14.2 Å². The SMILES string of the molecule is COCC(C)n1c(C)cc(C(=O)COC(=O)c2sc3nc4n(c(=O)c3c2C)CCCCC4)c1C. The Morgan fingerprint density at radius 1 is 1.21 bits per heavy atom. The Kier molecular flexibility index (Phi) is 7.04. The summed E-state index contributed by atoms with van der Waals surface area (Å²) in [6.07, 6.45) is 3.79. The average Bonchev–Trinajstić information content (AvgIpc) is 3.16. The van der Waals surface area contributed by atoms with E-state index in [1.54, 1.807) is 18.6 Å². The Morgan fingerprint density at radius 3 is 2.71 bits per heavy atom. The zero-order valence-corrected chi connectivity index (χ0v) is 21.2. The van der Waals surface area contributed by atoms with Crippen LogP contribution in [-0.4, -0.2) is 46.2 Å². The second kappa shape index (κ2) is 9.84. The summed E-state index contributed by atoms with van der Waals surface area (Å²) >= 11 is 1.16. The molecule has 34 heavy (non-hydrogen) atoms.